The lowest BCUT2D eigenvalue weighted by Gasteiger charge is -2.20. The second kappa shape index (κ2) is 15.5. The number of esters is 1. The molecule has 0 radical (unpaired) electrons. The fraction of sp³-hybridized carbons (Fsp3) is 0.243. The van der Waals surface area contributed by atoms with Gasteiger partial charge in [-0.3, -0.25) is 4.79 Å². The summed E-state index contributed by atoms with van der Waals surface area (Å²) in [7, 11) is 0. The van der Waals surface area contributed by atoms with Gasteiger partial charge >= 0.3 is 5.97 Å². The summed E-state index contributed by atoms with van der Waals surface area (Å²) in [4.78, 5) is 35.1. The van der Waals surface area contributed by atoms with Gasteiger partial charge in [0.25, 0.3) is 5.91 Å². The summed E-state index contributed by atoms with van der Waals surface area (Å²) in [6, 6.07) is 30.8. The van der Waals surface area contributed by atoms with Crippen LogP contribution in [0, 0.1) is 6.92 Å². The number of nitrogens with zero attached hydrogens (tertiary/aromatic N) is 2. The number of carbonyl (C=O) groups is 2. The predicted molar refractivity (Wildman–Crippen MR) is 175 cm³/mol. The van der Waals surface area contributed by atoms with Crippen molar-refractivity contribution in [2.45, 2.75) is 45.9 Å². The summed E-state index contributed by atoms with van der Waals surface area (Å²) in [5.41, 5.74) is 4.59. The van der Waals surface area contributed by atoms with Crippen molar-refractivity contribution in [3.8, 4) is 17.4 Å². The zero-order valence-electron chi connectivity index (χ0n) is 26.1. The molecule has 1 unspecified atom stereocenters. The van der Waals surface area contributed by atoms with Crippen molar-refractivity contribution in [3.63, 3.8) is 0 Å². The molecule has 0 aliphatic carbocycles. The van der Waals surface area contributed by atoms with Gasteiger partial charge in [0.2, 0.25) is 5.88 Å². The van der Waals surface area contributed by atoms with E-state index in [1.54, 1.807) is 38.1 Å². The first-order valence-corrected chi connectivity index (χ1v) is 15.2. The van der Waals surface area contributed by atoms with Crippen LogP contribution in [0.2, 0.25) is 0 Å². The van der Waals surface area contributed by atoms with Gasteiger partial charge in [-0.15, -0.1) is 0 Å². The van der Waals surface area contributed by atoms with Gasteiger partial charge in [0.15, 0.2) is 0 Å². The van der Waals surface area contributed by atoms with Gasteiger partial charge in [0.05, 0.1) is 17.1 Å². The molecule has 0 bridgehead atoms. The highest BCUT2D eigenvalue weighted by Crippen LogP contribution is 2.19. The fourth-order valence-corrected chi connectivity index (χ4v) is 4.66. The van der Waals surface area contributed by atoms with Crippen LogP contribution >= 0.6 is 0 Å². The maximum absolute atomic E-state index is 13.2. The van der Waals surface area contributed by atoms with Gasteiger partial charge in [0.1, 0.15) is 43.1 Å². The van der Waals surface area contributed by atoms with E-state index < -0.39 is 17.9 Å². The van der Waals surface area contributed by atoms with Crippen molar-refractivity contribution in [1.29, 1.82) is 0 Å². The average Bonchev–Trinajstić information content (AvgIpc) is 3.06. The maximum Gasteiger partial charge on any atom is 0.329 e. The molecule has 5 rings (SSSR count). The Morgan fingerprint density at radius 2 is 1.30 bits per heavy atom. The molecule has 9 nitrogen and oxygen atoms in total. The fourth-order valence-electron chi connectivity index (χ4n) is 4.66. The number of hydrogen-bond acceptors (Lipinski definition) is 8. The molecule has 46 heavy (non-hydrogen) atoms. The highest BCUT2D eigenvalue weighted by molar-refractivity contribution is 5.97. The van der Waals surface area contributed by atoms with Crippen LogP contribution in [-0.4, -0.2) is 47.2 Å². The molecule has 0 fully saturated rings. The van der Waals surface area contributed by atoms with E-state index in [9.17, 15) is 9.59 Å². The van der Waals surface area contributed by atoms with E-state index >= 15 is 0 Å². The summed E-state index contributed by atoms with van der Waals surface area (Å²) in [6.45, 7) is 6.41. The Bertz CT molecular complexity index is 1740. The molecule has 0 saturated carbocycles. The number of para-hydroxylation sites is 2. The number of aryl methyl sites for hydroxylation is 1. The topological polar surface area (TPSA) is 109 Å². The summed E-state index contributed by atoms with van der Waals surface area (Å²) in [5, 5.41) is 2.84. The summed E-state index contributed by atoms with van der Waals surface area (Å²) >= 11 is 0. The van der Waals surface area contributed by atoms with Crippen molar-refractivity contribution >= 4 is 22.9 Å². The Balaban J connectivity index is 1.13. The number of fused-ring (bicyclic) bond motifs is 1. The molecule has 1 atom stereocenters. The average molecular weight is 620 g/mol. The second-order valence-electron chi connectivity index (χ2n) is 11.0. The second-order valence-corrected chi connectivity index (χ2v) is 11.0. The summed E-state index contributed by atoms with van der Waals surface area (Å²) < 4.78 is 22.9. The monoisotopic (exact) mass is 619 g/mol. The van der Waals surface area contributed by atoms with Crippen LogP contribution in [0.4, 0.5) is 0 Å². The van der Waals surface area contributed by atoms with Crippen LogP contribution in [0.1, 0.15) is 41.0 Å². The van der Waals surface area contributed by atoms with E-state index in [2.05, 4.69) is 15.3 Å². The molecule has 4 aromatic carbocycles. The van der Waals surface area contributed by atoms with Crippen LogP contribution in [-0.2, 0) is 22.6 Å². The molecule has 1 heterocycles. The minimum absolute atomic E-state index is 0.262. The highest BCUT2D eigenvalue weighted by Gasteiger charge is 2.24. The number of amides is 1. The van der Waals surface area contributed by atoms with Crippen LogP contribution < -0.4 is 19.5 Å². The number of hydrogen-bond donors (Lipinski definition) is 1. The van der Waals surface area contributed by atoms with Crippen molar-refractivity contribution in [2.75, 3.05) is 13.2 Å². The number of ether oxygens (including phenoxy) is 4. The molecule has 236 valence electrons. The Labute approximate surface area is 268 Å². The lowest BCUT2D eigenvalue weighted by atomic mass is 10.0. The Morgan fingerprint density at radius 1 is 0.696 bits per heavy atom. The van der Waals surface area contributed by atoms with Gasteiger partial charge in [-0.1, -0.05) is 54.6 Å². The van der Waals surface area contributed by atoms with Crippen molar-refractivity contribution < 1.29 is 28.5 Å². The molecular formula is C37H37N3O6. The lowest BCUT2D eigenvalue weighted by Crippen LogP contribution is -2.44. The standard InChI is InChI=1S/C37H37N3O6/c1-25(2)46-37(42)34(23-27-13-17-31(18-14-27)45-24-28-9-5-4-6-10-28)39-35(41)29-15-19-30(20-16-29)43-21-22-44-36-26(3)38-32-11-7-8-12-33(32)40-36/h4-20,25,34H,21-24H2,1-3H3,(H,39,41). The number of nitrogens with one attached hydrogen (secondary N) is 1. The molecule has 5 aromatic rings. The normalized spacial score (nSPS) is 11.6. The molecular weight excluding hydrogens is 582 g/mol. The maximum atomic E-state index is 13.2. The molecule has 0 aliphatic rings. The Kier molecular flexibility index (Phi) is 10.8. The smallest absolute Gasteiger partial charge is 0.329 e. The predicted octanol–water partition coefficient (Wildman–Crippen LogP) is 6.27. The minimum atomic E-state index is -0.874. The Morgan fingerprint density at radius 3 is 2.00 bits per heavy atom. The zero-order valence-corrected chi connectivity index (χ0v) is 26.1. The van der Waals surface area contributed by atoms with E-state index in [1.807, 2.05) is 85.8 Å². The van der Waals surface area contributed by atoms with Crippen molar-refractivity contribution in [2.24, 2.45) is 0 Å². The third-order valence-electron chi connectivity index (χ3n) is 6.96. The van der Waals surface area contributed by atoms with Gasteiger partial charge in [0, 0.05) is 12.0 Å². The number of rotatable bonds is 14. The summed E-state index contributed by atoms with van der Waals surface area (Å²) in [5.74, 6) is 0.858. The number of benzene rings is 4. The SMILES string of the molecule is Cc1nc2ccccc2nc1OCCOc1ccc(C(=O)NC(Cc2ccc(OCc3ccccc3)cc2)C(=O)OC(C)C)cc1. The molecule has 0 aliphatic heterocycles. The van der Waals surface area contributed by atoms with E-state index in [1.165, 1.54) is 0 Å². The largest absolute Gasteiger partial charge is 0.490 e. The van der Waals surface area contributed by atoms with Crippen LogP contribution in [0.15, 0.2) is 103 Å². The van der Waals surface area contributed by atoms with Gasteiger partial charge in [-0.05, 0) is 80.4 Å². The molecule has 9 heteroatoms. The lowest BCUT2D eigenvalue weighted by molar-refractivity contribution is -0.149. The van der Waals surface area contributed by atoms with Gasteiger partial charge in [-0.2, -0.15) is 0 Å². The number of carbonyl (C=O) groups excluding carboxylic acids is 2. The first-order chi connectivity index (χ1) is 22.3. The summed E-state index contributed by atoms with van der Waals surface area (Å²) in [6.07, 6.45) is -0.0586. The van der Waals surface area contributed by atoms with Gasteiger partial charge in [-0.25, -0.2) is 14.8 Å². The zero-order chi connectivity index (χ0) is 32.3. The van der Waals surface area contributed by atoms with Gasteiger partial charge < -0.3 is 24.3 Å². The quantitative estimate of drug-likeness (QED) is 0.115. The van der Waals surface area contributed by atoms with E-state index in [-0.39, 0.29) is 25.7 Å². The molecule has 1 aromatic heterocycles. The van der Waals surface area contributed by atoms with Crippen LogP contribution in [0.5, 0.6) is 17.4 Å². The molecule has 0 saturated heterocycles. The Hall–Kier alpha value is -5.44. The van der Waals surface area contributed by atoms with E-state index in [4.69, 9.17) is 18.9 Å². The van der Waals surface area contributed by atoms with Crippen molar-refractivity contribution in [1.82, 2.24) is 15.3 Å². The van der Waals surface area contributed by atoms with E-state index in [0.717, 1.165) is 22.2 Å². The third-order valence-corrected chi connectivity index (χ3v) is 6.96. The minimum Gasteiger partial charge on any atom is -0.490 e. The third kappa shape index (κ3) is 9.04. The van der Waals surface area contributed by atoms with Crippen molar-refractivity contribution in [3.05, 3.63) is 126 Å². The molecule has 1 amide bonds. The number of aromatic nitrogens is 2. The van der Waals surface area contributed by atoms with E-state index in [0.29, 0.717) is 35.2 Å². The van der Waals surface area contributed by atoms with Crippen LogP contribution in [0.3, 0.4) is 0 Å². The first-order valence-electron chi connectivity index (χ1n) is 15.2. The molecule has 1 N–H and O–H groups in total. The first kappa shape index (κ1) is 32.0. The highest BCUT2D eigenvalue weighted by atomic mass is 16.5. The molecule has 0 spiro atoms. The van der Waals surface area contributed by atoms with Crippen LogP contribution in [0.25, 0.3) is 11.0 Å².